The molecular formula is C23H21NO5. The highest BCUT2D eigenvalue weighted by Gasteiger charge is 2.35. The van der Waals surface area contributed by atoms with E-state index in [1.807, 2.05) is 26.8 Å². The fourth-order valence-corrected chi connectivity index (χ4v) is 3.27. The molecule has 0 fully saturated rings. The van der Waals surface area contributed by atoms with Gasteiger partial charge >= 0.3 is 5.97 Å². The fraction of sp³-hybridized carbons (Fsp3) is 0.217. The Kier molecular flexibility index (Phi) is 5.46. The lowest BCUT2D eigenvalue weighted by Gasteiger charge is -2.10. The van der Waals surface area contributed by atoms with Crippen LogP contribution in [0.5, 0.6) is 0 Å². The van der Waals surface area contributed by atoms with E-state index >= 15 is 0 Å². The average Bonchev–Trinajstić information content (AvgIpc) is 2.93. The van der Waals surface area contributed by atoms with Gasteiger partial charge in [0.1, 0.15) is 0 Å². The van der Waals surface area contributed by atoms with Crippen LogP contribution in [0.4, 0.5) is 0 Å². The molecule has 0 aromatic heterocycles. The molecule has 0 spiro atoms. The number of hydrogen-bond donors (Lipinski definition) is 0. The molecular weight excluding hydrogens is 370 g/mol. The Labute approximate surface area is 168 Å². The first kappa shape index (κ1) is 20.2. The number of aryl methyl sites for hydroxylation is 3. The van der Waals surface area contributed by atoms with E-state index in [0.717, 1.165) is 21.6 Å². The van der Waals surface area contributed by atoms with E-state index in [9.17, 15) is 19.2 Å². The molecule has 1 aliphatic rings. The van der Waals surface area contributed by atoms with Crippen LogP contribution >= 0.6 is 0 Å². The van der Waals surface area contributed by atoms with Gasteiger partial charge in [-0.05, 0) is 61.7 Å². The quantitative estimate of drug-likeness (QED) is 0.326. The number of carbonyl (C=O) groups excluding carboxylic acids is 4. The van der Waals surface area contributed by atoms with Crippen LogP contribution in [0.25, 0.3) is 0 Å². The summed E-state index contributed by atoms with van der Waals surface area (Å²) in [4.78, 5) is 50.5. The zero-order valence-electron chi connectivity index (χ0n) is 16.6. The Hall–Kier alpha value is -3.54. The number of rotatable bonds is 6. The Bertz CT molecular complexity index is 1070. The van der Waals surface area contributed by atoms with Crippen molar-refractivity contribution >= 4 is 23.6 Å². The maximum absolute atomic E-state index is 12.5. The molecule has 0 N–H and O–H groups in total. The lowest BCUT2D eigenvalue weighted by molar-refractivity contribution is 0.0474. The summed E-state index contributed by atoms with van der Waals surface area (Å²) in [5.41, 5.74) is 3.87. The van der Waals surface area contributed by atoms with Crippen molar-refractivity contribution in [2.24, 2.45) is 0 Å². The number of amides is 2. The second-order valence-electron chi connectivity index (χ2n) is 7.02. The lowest BCUT2D eigenvalue weighted by atomic mass is 9.98. The number of nitrogens with zero attached hydrogens (tertiary/aromatic N) is 1. The van der Waals surface area contributed by atoms with Crippen molar-refractivity contribution in [3.63, 3.8) is 0 Å². The Morgan fingerprint density at radius 2 is 1.62 bits per heavy atom. The van der Waals surface area contributed by atoms with Crippen molar-refractivity contribution in [1.29, 1.82) is 0 Å². The monoisotopic (exact) mass is 391 g/mol. The number of carbonyl (C=O) groups is 4. The van der Waals surface area contributed by atoms with Crippen LogP contribution < -0.4 is 0 Å². The number of benzene rings is 2. The van der Waals surface area contributed by atoms with E-state index < -0.39 is 24.4 Å². The molecule has 0 atom stereocenters. The molecule has 3 rings (SSSR count). The van der Waals surface area contributed by atoms with Gasteiger partial charge in [0.2, 0.25) is 5.78 Å². The molecule has 6 nitrogen and oxygen atoms in total. The topological polar surface area (TPSA) is 80.8 Å². The van der Waals surface area contributed by atoms with Gasteiger partial charge in [0.15, 0.2) is 6.61 Å². The minimum absolute atomic E-state index is 0.0932. The van der Waals surface area contributed by atoms with Crippen LogP contribution in [0.3, 0.4) is 0 Å². The summed E-state index contributed by atoms with van der Waals surface area (Å²) in [7, 11) is 0. The van der Waals surface area contributed by atoms with E-state index in [0.29, 0.717) is 5.56 Å². The maximum atomic E-state index is 12.5. The molecule has 0 aliphatic carbocycles. The first-order valence-corrected chi connectivity index (χ1v) is 9.14. The van der Waals surface area contributed by atoms with Crippen molar-refractivity contribution in [3.8, 4) is 0 Å². The van der Waals surface area contributed by atoms with Crippen LogP contribution in [-0.2, 0) is 4.74 Å². The van der Waals surface area contributed by atoms with Gasteiger partial charge in [-0.25, -0.2) is 4.79 Å². The van der Waals surface area contributed by atoms with Gasteiger partial charge < -0.3 is 4.74 Å². The third-order valence-corrected chi connectivity index (χ3v) is 4.99. The highest BCUT2D eigenvalue weighted by atomic mass is 16.5. The van der Waals surface area contributed by atoms with Crippen molar-refractivity contribution in [2.75, 3.05) is 13.2 Å². The number of ketones is 1. The SMILES string of the molecule is C=CCN1C(=O)c2ccc(C(=O)OCC(=O)c3cc(C)c(C)cc3C)cc2C1=O. The molecule has 6 heteroatoms. The predicted molar refractivity (Wildman–Crippen MR) is 107 cm³/mol. The standard InChI is InChI=1S/C23H21NO5/c1-5-8-24-21(26)17-7-6-16(11-19(17)22(24)27)23(28)29-12-20(25)18-10-14(3)13(2)9-15(18)4/h5-7,9-11H,1,8,12H2,2-4H3. The number of Topliss-reactive ketones (excluding diaryl/α,β-unsaturated/α-hetero) is 1. The molecule has 1 heterocycles. The molecule has 2 amide bonds. The molecule has 29 heavy (non-hydrogen) atoms. The molecule has 0 unspecified atom stereocenters. The normalized spacial score (nSPS) is 12.7. The molecule has 2 aromatic carbocycles. The van der Waals surface area contributed by atoms with Crippen LogP contribution in [0, 0.1) is 20.8 Å². The van der Waals surface area contributed by atoms with Gasteiger partial charge in [0.05, 0.1) is 16.7 Å². The third-order valence-electron chi connectivity index (χ3n) is 4.99. The van der Waals surface area contributed by atoms with Crippen molar-refractivity contribution < 1.29 is 23.9 Å². The minimum atomic E-state index is -0.731. The average molecular weight is 391 g/mol. The Balaban J connectivity index is 1.74. The molecule has 2 aromatic rings. The Morgan fingerprint density at radius 3 is 2.31 bits per heavy atom. The van der Waals surface area contributed by atoms with Gasteiger partial charge in [0, 0.05) is 12.1 Å². The van der Waals surface area contributed by atoms with Gasteiger partial charge in [-0.3, -0.25) is 19.3 Å². The predicted octanol–water partition coefficient (Wildman–Crippen LogP) is 3.43. The molecule has 148 valence electrons. The molecule has 0 saturated heterocycles. The minimum Gasteiger partial charge on any atom is -0.454 e. The third kappa shape index (κ3) is 3.74. The van der Waals surface area contributed by atoms with Crippen LogP contribution in [-0.4, -0.2) is 41.6 Å². The number of esters is 1. The van der Waals surface area contributed by atoms with E-state index in [1.165, 1.54) is 24.3 Å². The van der Waals surface area contributed by atoms with E-state index in [4.69, 9.17) is 4.74 Å². The largest absolute Gasteiger partial charge is 0.454 e. The summed E-state index contributed by atoms with van der Waals surface area (Å²) in [5.74, 6) is -1.94. The second kappa shape index (κ2) is 7.83. The number of fused-ring (bicyclic) bond motifs is 1. The number of ether oxygens (including phenoxy) is 1. The first-order chi connectivity index (χ1) is 13.7. The van der Waals surface area contributed by atoms with Gasteiger partial charge in [0.25, 0.3) is 11.8 Å². The van der Waals surface area contributed by atoms with Gasteiger partial charge in [-0.2, -0.15) is 0 Å². The maximum Gasteiger partial charge on any atom is 0.338 e. The fourth-order valence-electron chi connectivity index (χ4n) is 3.27. The van der Waals surface area contributed by atoms with Crippen molar-refractivity contribution in [3.05, 3.63) is 81.9 Å². The van der Waals surface area contributed by atoms with Crippen molar-refractivity contribution in [2.45, 2.75) is 20.8 Å². The summed E-state index contributed by atoms with van der Waals surface area (Å²) >= 11 is 0. The summed E-state index contributed by atoms with van der Waals surface area (Å²) in [6.45, 7) is 8.93. The molecule has 0 radical (unpaired) electrons. The van der Waals surface area contributed by atoms with Crippen LogP contribution in [0.1, 0.15) is 58.1 Å². The lowest BCUT2D eigenvalue weighted by Crippen LogP contribution is -2.29. The first-order valence-electron chi connectivity index (χ1n) is 9.14. The number of imide groups is 1. The smallest absolute Gasteiger partial charge is 0.338 e. The molecule has 1 aliphatic heterocycles. The summed E-state index contributed by atoms with van der Waals surface area (Å²) < 4.78 is 5.15. The molecule has 0 bridgehead atoms. The van der Waals surface area contributed by atoms with E-state index in [-0.39, 0.29) is 29.0 Å². The molecule has 0 saturated carbocycles. The van der Waals surface area contributed by atoms with E-state index in [1.54, 1.807) is 6.07 Å². The summed E-state index contributed by atoms with van der Waals surface area (Å²) in [6, 6.07) is 7.87. The van der Waals surface area contributed by atoms with Crippen LogP contribution in [0.2, 0.25) is 0 Å². The highest BCUT2D eigenvalue weighted by Crippen LogP contribution is 2.24. The summed E-state index contributed by atoms with van der Waals surface area (Å²) in [6.07, 6.45) is 1.46. The number of hydrogen-bond acceptors (Lipinski definition) is 5. The Morgan fingerprint density at radius 1 is 0.966 bits per heavy atom. The van der Waals surface area contributed by atoms with Gasteiger partial charge in [-0.1, -0.05) is 12.1 Å². The zero-order chi connectivity index (χ0) is 21.3. The zero-order valence-corrected chi connectivity index (χ0v) is 16.6. The van der Waals surface area contributed by atoms with Gasteiger partial charge in [-0.15, -0.1) is 6.58 Å². The highest BCUT2D eigenvalue weighted by molar-refractivity contribution is 6.22. The summed E-state index contributed by atoms with van der Waals surface area (Å²) in [5, 5.41) is 0. The second-order valence-corrected chi connectivity index (χ2v) is 7.02. The van der Waals surface area contributed by atoms with Crippen LogP contribution in [0.15, 0.2) is 43.0 Å². The van der Waals surface area contributed by atoms with Crippen molar-refractivity contribution in [1.82, 2.24) is 4.90 Å². The van der Waals surface area contributed by atoms with E-state index in [2.05, 4.69) is 6.58 Å².